The second-order valence-corrected chi connectivity index (χ2v) is 5.85. The fraction of sp³-hybridized carbons (Fsp3) is 0.588. The van der Waals surface area contributed by atoms with Crippen molar-refractivity contribution in [1.82, 2.24) is 4.90 Å². The van der Waals surface area contributed by atoms with E-state index in [0.717, 1.165) is 44.8 Å². The zero-order valence-electron chi connectivity index (χ0n) is 12.4. The van der Waals surface area contributed by atoms with Crippen molar-refractivity contribution >= 4 is 6.29 Å². The van der Waals surface area contributed by atoms with E-state index in [1.54, 1.807) is 6.07 Å². The smallest absolute Gasteiger partial charge is 0.150 e. The first-order chi connectivity index (χ1) is 10.4. The van der Waals surface area contributed by atoms with Crippen molar-refractivity contribution in [1.29, 1.82) is 0 Å². The molecule has 114 valence electrons. The van der Waals surface area contributed by atoms with Gasteiger partial charge in [-0.2, -0.15) is 0 Å². The van der Waals surface area contributed by atoms with Crippen LogP contribution in [0, 0.1) is 0 Å². The van der Waals surface area contributed by atoms with Gasteiger partial charge in [-0.3, -0.25) is 9.69 Å². The van der Waals surface area contributed by atoms with Gasteiger partial charge in [0, 0.05) is 24.7 Å². The lowest BCUT2D eigenvalue weighted by molar-refractivity contribution is -0.0281. The molecule has 2 atom stereocenters. The number of morpholine rings is 1. The van der Waals surface area contributed by atoms with Gasteiger partial charge in [0.25, 0.3) is 0 Å². The SMILES string of the molecule is O=Cc1cccc(OC2CCCCC2N2CCOCC2)c1. The van der Waals surface area contributed by atoms with Crippen LogP contribution in [-0.2, 0) is 4.74 Å². The lowest BCUT2D eigenvalue weighted by Crippen LogP contribution is -2.52. The third-order valence-corrected chi connectivity index (χ3v) is 4.46. The highest BCUT2D eigenvalue weighted by atomic mass is 16.5. The van der Waals surface area contributed by atoms with E-state index in [0.29, 0.717) is 11.6 Å². The van der Waals surface area contributed by atoms with Crippen LogP contribution in [0.4, 0.5) is 0 Å². The van der Waals surface area contributed by atoms with Crippen molar-refractivity contribution in [3.05, 3.63) is 29.8 Å². The van der Waals surface area contributed by atoms with Gasteiger partial charge in [-0.15, -0.1) is 0 Å². The minimum absolute atomic E-state index is 0.221. The highest BCUT2D eigenvalue weighted by Crippen LogP contribution is 2.28. The van der Waals surface area contributed by atoms with Gasteiger partial charge in [0.05, 0.1) is 13.2 Å². The van der Waals surface area contributed by atoms with Crippen LogP contribution < -0.4 is 4.74 Å². The average Bonchev–Trinajstić information content (AvgIpc) is 2.56. The summed E-state index contributed by atoms with van der Waals surface area (Å²) in [5.74, 6) is 0.810. The largest absolute Gasteiger partial charge is 0.489 e. The molecular formula is C17H23NO3. The first kappa shape index (κ1) is 14.5. The molecule has 4 heteroatoms. The number of rotatable bonds is 4. The van der Waals surface area contributed by atoms with E-state index < -0.39 is 0 Å². The number of benzene rings is 1. The highest BCUT2D eigenvalue weighted by molar-refractivity contribution is 5.75. The Morgan fingerprint density at radius 1 is 1.19 bits per heavy atom. The molecule has 0 spiro atoms. The van der Waals surface area contributed by atoms with Crippen molar-refractivity contribution in [3.8, 4) is 5.75 Å². The predicted molar refractivity (Wildman–Crippen MR) is 80.9 cm³/mol. The van der Waals surface area contributed by atoms with Gasteiger partial charge in [-0.25, -0.2) is 0 Å². The van der Waals surface area contributed by atoms with Crippen LogP contribution in [0.1, 0.15) is 36.0 Å². The van der Waals surface area contributed by atoms with Gasteiger partial charge in [0.2, 0.25) is 0 Å². The van der Waals surface area contributed by atoms with Crippen LogP contribution in [0.2, 0.25) is 0 Å². The zero-order valence-corrected chi connectivity index (χ0v) is 12.4. The average molecular weight is 289 g/mol. The molecule has 1 saturated heterocycles. The molecule has 0 aromatic heterocycles. The molecule has 0 amide bonds. The quantitative estimate of drug-likeness (QED) is 0.798. The molecule has 21 heavy (non-hydrogen) atoms. The maximum Gasteiger partial charge on any atom is 0.150 e. The summed E-state index contributed by atoms with van der Waals surface area (Å²) in [6.45, 7) is 3.64. The van der Waals surface area contributed by atoms with Gasteiger partial charge < -0.3 is 9.47 Å². The van der Waals surface area contributed by atoms with Crippen molar-refractivity contribution < 1.29 is 14.3 Å². The van der Waals surface area contributed by atoms with Crippen molar-refractivity contribution in [2.24, 2.45) is 0 Å². The monoisotopic (exact) mass is 289 g/mol. The Labute approximate surface area is 126 Å². The summed E-state index contributed by atoms with van der Waals surface area (Å²) in [7, 11) is 0. The Balaban J connectivity index is 1.69. The van der Waals surface area contributed by atoms with Crippen LogP contribution in [0.3, 0.4) is 0 Å². The van der Waals surface area contributed by atoms with Crippen LogP contribution in [0.25, 0.3) is 0 Å². The van der Waals surface area contributed by atoms with E-state index in [-0.39, 0.29) is 6.10 Å². The number of aldehydes is 1. The summed E-state index contributed by atoms with van der Waals surface area (Å²) in [6, 6.07) is 7.93. The highest BCUT2D eigenvalue weighted by Gasteiger charge is 2.32. The third-order valence-electron chi connectivity index (χ3n) is 4.46. The van der Waals surface area contributed by atoms with E-state index in [9.17, 15) is 4.79 Å². The summed E-state index contributed by atoms with van der Waals surface area (Å²) in [6.07, 6.45) is 5.87. The van der Waals surface area contributed by atoms with Crippen LogP contribution in [0.5, 0.6) is 5.75 Å². The summed E-state index contributed by atoms with van der Waals surface area (Å²) >= 11 is 0. The second kappa shape index (κ2) is 7.05. The summed E-state index contributed by atoms with van der Waals surface area (Å²) in [5.41, 5.74) is 0.672. The Morgan fingerprint density at radius 2 is 2.00 bits per heavy atom. The molecule has 1 aliphatic carbocycles. The molecule has 1 aromatic carbocycles. The molecular weight excluding hydrogens is 266 g/mol. The molecule has 4 nitrogen and oxygen atoms in total. The number of hydrogen-bond donors (Lipinski definition) is 0. The number of carbonyl (C=O) groups is 1. The van der Waals surface area contributed by atoms with Gasteiger partial charge in [0.15, 0.2) is 0 Å². The Morgan fingerprint density at radius 3 is 2.81 bits per heavy atom. The fourth-order valence-corrected chi connectivity index (χ4v) is 3.38. The van der Waals surface area contributed by atoms with Crippen LogP contribution >= 0.6 is 0 Å². The summed E-state index contributed by atoms with van der Waals surface area (Å²) < 4.78 is 11.7. The van der Waals surface area contributed by atoms with E-state index in [4.69, 9.17) is 9.47 Å². The summed E-state index contributed by atoms with van der Waals surface area (Å²) in [4.78, 5) is 13.4. The van der Waals surface area contributed by atoms with E-state index in [1.165, 1.54) is 19.3 Å². The minimum atomic E-state index is 0.221. The van der Waals surface area contributed by atoms with Gasteiger partial charge in [-0.05, 0) is 31.4 Å². The molecule has 2 unspecified atom stereocenters. The zero-order chi connectivity index (χ0) is 14.5. The Kier molecular flexibility index (Phi) is 4.88. The topological polar surface area (TPSA) is 38.8 Å². The van der Waals surface area contributed by atoms with E-state index in [1.807, 2.05) is 18.2 Å². The van der Waals surface area contributed by atoms with Crippen molar-refractivity contribution in [2.75, 3.05) is 26.3 Å². The molecule has 0 bridgehead atoms. The molecule has 2 fully saturated rings. The standard InChI is InChI=1S/C17H23NO3/c19-13-14-4-3-5-15(12-14)21-17-7-2-1-6-16(17)18-8-10-20-11-9-18/h3-5,12-13,16-17H,1-2,6-11H2. The van der Waals surface area contributed by atoms with Crippen LogP contribution in [-0.4, -0.2) is 49.6 Å². The second-order valence-electron chi connectivity index (χ2n) is 5.85. The van der Waals surface area contributed by atoms with E-state index in [2.05, 4.69) is 4.90 Å². The van der Waals surface area contributed by atoms with Gasteiger partial charge >= 0.3 is 0 Å². The molecule has 1 heterocycles. The predicted octanol–water partition coefficient (Wildman–Crippen LogP) is 2.52. The maximum atomic E-state index is 10.9. The minimum Gasteiger partial charge on any atom is -0.489 e. The lowest BCUT2D eigenvalue weighted by atomic mass is 9.91. The number of hydrogen-bond acceptors (Lipinski definition) is 4. The first-order valence-electron chi connectivity index (χ1n) is 7.90. The van der Waals surface area contributed by atoms with Crippen molar-refractivity contribution in [3.63, 3.8) is 0 Å². The molecule has 3 rings (SSSR count). The lowest BCUT2D eigenvalue weighted by Gasteiger charge is -2.41. The maximum absolute atomic E-state index is 10.9. The van der Waals surface area contributed by atoms with E-state index >= 15 is 0 Å². The molecule has 1 aliphatic heterocycles. The van der Waals surface area contributed by atoms with Gasteiger partial charge in [0.1, 0.15) is 18.1 Å². The molecule has 0 N–H and O–H groups in total. The Bertz CT molecular complexity index is 471. The molecule has 2 aliphatic rings. The first-order valence-corrected chi connectivity index (χ1v) is 7.90. The van der Waals surface area contributed by atoms with Crippen LogP contribution in [0.15, 0.2) is 24.3 Å². The molecule has 0 radical (unpaired) electrons. The third kappa shape index (κ3) is 3.63. The number of carbonyl (C=O) groups excluding carboxylic acids is 1. The van der Waals surface area contributed by atoms with Crippen molar-refractivity contribution in [2.45, 2.75) is 37.8 Å². The normalized spacial score (nSPS) is 27.2. The number of ether oxygens (including phenoxy) is 2. The molecule has 1 aromatic rings. The number of nitrogens with zero attached hydrogens (tertiary/aromatic N) is 1. The Hall–Kier alpha value is -1.39. The summed E-state index contributed by atoms with van der Waals surface area (Å²) in [5, 5.41) is 0. The molecule has 1 saturated carbocycles. The van der Waals surface area contributed by atoms with Gasteiger partial charge in [-0.1, -0.05) is 18.6 Å². The fourth-order valence-electron chi connectivity index (χ4n) is 3.38.